The monoisotopic (exact) mass is 294 g/mol. The first-order valence-electron chi connectivity index (χ1n) is 5.66. The van der Waals surface area contributed by atoms with Gasteiger partial charge in [0.1, 0.15) is 5.82 Å². The quantitative estimate of drug-likeness (QED) is 0.649. The van der Waals surface area contributed by atoms with Crippen molar-refractivity contribution >= 4 is 34.8 Å². The number of thiophene rings is 1. The Balaban J connectivity index is 1.79. The van der Waals surface area contributed by atoms with Gasteiger partial charge in [0, 0.05) is 16.6 Å². The molecule has 0 aliphatic carbocycles. The Morgan fingerprint density at radius 2 is 2.37 bits per heavy atom. The molecule has 0 radical (unpaired) electrons. The number of rotatable bonds is 5. The summed E-state index contributed by atoms with van der Waals surface area (Å²) >= 11 is 2.90. The van der Waals surface area contributed by atoms with E-state index < -0.39 is 0 Å². The van der Waals surface area contributed by atoms with Gasteiger partial charge in [-0.2, -0.15) is 0 Å². The molecule has 3 N–H and O–H groups in total. The van der Waals surface area contributed by atoms with Gasteiger partial charge in [-0.05, 0) is 18.4 Å². The van der Waals surface area contributed by atoms with Crippen molar-refractivity contribution in [3.05, 3.63) is 34.2 Å². The van der Waals surface area contributed by atoms with E-state index in [9.17, 15) is 4.79 Å². The maximum Gasteiger partial charge on any atom is 0.230 e. The second-order valence-electron chi connectivity index (χ2n) is 3.86. The molecular formula is C12H14N4OS2. The second-order valence-corrected chi connectivity index (χ2v) is 5.84. The predicted octanol–water partition coefficient (Wildman–Crippen LogP) is 1.84. The van der Waals surface area contributed by atoms with Gasteiger partial charge in [-0.15, -0.1) is 11.3 Å². The number of anilines is 1. The van der Waals surface area contributed by atoms with Gasteiger partial charge in [-0.3, -0.25) is 4.79 Å². The van der Waals surface area contributed by atoms with Crippen LogP contribution in [0.4, 0.5) is 5.82 Å². The molecule has 5 nitrogen and oxygen atoms in total. The summed E-state index contributed by atoms with van der Waals surface area (Å²) in [5.74, 6) is 0.671. The van der Waals surface area contributed by atoms with Gasteiger partial charge in [0.15, 0.2) is 5.16 Å². The molecule has 0 fully saturated rings. The Kier molecular flexibility index (Phi) is 4.75. The van der Waals surface area contributed by atoms with Crippen LogP contribution < -0.4 is 11.1 Å². The average Bonchev–Trinajstić information content (AvgIpc) is 2.86. The standard InChI is InChI=1S/C12H14N4OS2/c1-8-5-10(13)16-12(15-8)19-7-11(17)14-6-9-3-2-4-18-9/h2-5H,6-7H2,1H3,(H,14,17)(H2,13,15,16). The molecule has 0 aliphatic rings. The summed E-state index contributed by atoms with van der Waals surface area (Å²) in [5.41, 5.74) is 6.43. The maximum atomic E-state index is 11.7. The van der Waals surface area contributed by atoms with E-state index in [1.165, 1.54) is 11.8 Å². The molecule has 0 saturated heterocycles. The fourth-order valence-electron chi connectivity index (χ4n) is 1.41. The number of aryl methyl sites for hydroxylation is 1. The molecule has 7 heteroatoms. The van der Waals surface area contributed by atoms with Crippen molar-refractivity contribution in [2.75, 3.05) is 11.5 Å². The Bertz CT molecular complexity index is 537. The summed E-state index contributed by atoms with van der Waals surface area (Å²) in [6.45, 7) is 2.41. The number of nitrogens with two attached hydrogens (primary N) is 1. The molecule has 2 rings (SSSR count). The number of amides is 1. The Labute approximate surface area is 119 Å². The van der Waals surface area contributed by atoms with Crippen molar-refractivity contribution in [2.24, 2.45) is 0 Å². The van der Waals surface area contributed by atoms with Crippen LogP contribution >= 0.6 is 23.1 Å². The Morgan fingerprint density at radius 3 is 3.05 bits per heavy atom. The van der Waals surface area contributed by atoms with Crippen molar-refractivity contribution in [1.29, 1.82) is 0 Å². The van der Waals surface area contributed by atoms with Crippen LogP contribution in [0.15, 0.2) is 28.7 Å². The van der Waals surface area contributed by atoms with E-state index in [1.54, 1.807) is 17.4 Å². The summed E-state index contributed by atoms with van der Waals surface area (Å²) in [7, 11) is 0. The number of carbonyl (C=O) groups excluding carboxylic acids is 1. The number of nitrogens with zero attached hydrogens (tertiary/aromatic N) is 2. The van der Waals surface area contributed by atoms with E-state index in [0.717, 1.165) is 10.6 Å². The molecule has 0 aliphatic heterocycles. The minimum Gasteiger partial charge on any atom is -0.384 e. The zero-order chi connectivity index (χ0) is 13.7. The number of nitrogen functional groups attached to an aromatic ring is 1. The van der Waals surface area contributed by atoms with Crippen LogP contribution in [0.2, 0.25) is 0 Å². The third-order valence-electron chi connectivity index (χ3n) is 2.23. The maximum absolute atomic E-state index is 11.7. The molecule has 2 aromatic rings. The van der Waals surface area contributed by atoms with Crippen molar-refractivity contribution in [2.45, 2.75) is 18.6 Å². The number of carbonyl (C=O) groups is 1. The van der Waals surface area contributed by atoms with Crippen LogP contribution in [0.25, 0.3) is 0 Å². The first-order chi connectivity index (χ1) is 9.13. The van der Waals surface area contributed by atoms with Crippen molar-refractivity contribution < 1.29 is 4.79 Å². The minimum atomic E-state index is -0.0397. The van der Waals surface area contributed by atoms with Gasteiger partial charge < -0.3 is 11.1 Å². The number of nitrogens with one attached hydrogen (secondary N) is 1. The Hall–Kier alpha value is -1.60. The highest BCUT2D eigenvalue weighted by Gasteiger charge is 2.06. The average molecular weight is 294 g/mol. The SMILES string of the molecule is Cc1cc(N)nc(SCC(=O)NCc2cccs2)n1. The fraction of sp³-hybridized carbons (Fsp3) is 0.250. The molecule has 0 bridgehead atoms. The normalized spacial score (nSPS) is 10.4. The molecule has 100 valence electrons. The summed E-state index contributed by atoms with van der Waals surface area (Å²) in [6.07, 6.45) is 0. The van der Waals surface area contributed by atoms with E-state index in [-0.39, 0.29) is 11.7 Å². The molecule has 0 saturated carbocycles. The van der Waals surface area contributed by atoms with Crippen LogP contribution in [-0.4, -0.2) is 21.6 Å². The third-order valence-corrected chi connectivity index (χ3v) is 3.95. The van der Waals surface area contributed by atoms with Crippen molar-refractivity contribution in [1.82, 2.24) is 15.3 Å². The molecule has 1 amide bonds. The lowest BCUT2D eigenvalue weighted by molar-refractivity contribution is -0.118. The summed E-state index contributed by atoms with van der Waals surface area (Å²) < 4.78 is 0. The lowest BCUT2D eigenvalue weighted by Crippen LogP contribution is -2.24. The number of thioether (sulfide) groups is 1. The van der Waals surface area contributed by atoms with Crippen LogP contribution in [-0.2, 0) is 11.3 Å². The van der Waals surface area contributed by atoms with E-state index in [2.05, 4.69) is 15.3 Å². The summed E-state index contributed by atoms with van der Waals surface area (Å²) in [6, 6.07) is 5.65. The van der Waals surface area contributed by atoms with Crippen molar-refractivity contribution in [3.63, 3.8) is 0 Å². The second kappa shape index (κ2) is 6.53. The summed E-state index contributed by atoms with van der Waals surface area (Å²) in [4.78, 5) is 21.1. The topological polar surface area (TPSA) is 80.9 Å². The molecular weight excluding hydrogens is 280 g/mol. The smallest absolute Gasteiger partial charge is 0.230 e. The fourth-order valence-corrected chi connectivity index (χ4v) is 2.79. The zero-order valence-electron chi connectivity index (χ0n) is 10.4. The predicted molar refractivity (Wildman–Crippen MR) is 78.1 cm³/mol. The Morgan fingerprint density at radius 1 is 1.53 bits per heavy atom. The molecule has 0 unspecified atom stereocenters. The van der Waals surface area contributed by atoms with Gasteiger partial charge in [-0.25, -0.2) is 9.97 Å². The highest BCUT2D eigenvalue weighted by Crippen LogP contribution is 2.15. The van der Waals surface area contributed by atoms with Gasteiger partial charge in [-0.1, -0.05) is 17.8 Å². The summed E-state index contributed by atoms with van der Waals surface area (Å²) in [5, 5.41) is 5.37. The first-order valence-corrected chi connectivity index (χ1v) is 7.53. The highest BCUT2D eigenvalue weighted by atomic mass is 32.2. The highest BCUT2D eigenvalue weighted by molar-refractivity contribution is 7.99. The number of hydrogen-bond donors (Lipinski definition) is 2. The van der Waals surface area contributed by atoms with E-state index >= 15 is 0 Å². The van der Waals surface area contributed by atoms with Gasteiger partial charge in [0.2, 0.25) is 5.91 Å². The molecule has 2 heterocycles. The van der Waals surface area contributed by atoms with E-state index in [1.807, 2.05) is 24.4 Å². The molecule has 2 aromatic heterocycles. The van der Waals surface area contributed by atoms with Gasteiger partial charge in [0.25, 0.3) is 0 Å². The lowest BCUT2D eigenvalue weighted by Gasteiger charge is -2.04. The van der Waals surface area contributed by atoms with Gasteiger partial charge in [0.05, 0.1) is 12.3 Å². The van der Waals surface area contributed by atoms with E-state index in [0.29, 0.717) is 17.5 Å². The van der Waals surface area contributed by atoms with Crippen LogP contribution in [0.3, 0.4) is 0 Å². The van der Waals surface area contributed by atoms with Crippen molar-refractivity contribution in [3.8, 4) is 0 Å². The van der Waals surface area contributed by atoms with Crippen LogP contribution in [0.1, 0.15) is 10.6 Å². The number of aromatic nitrogens is 2. The van der Waals surface area contributed by atoms with E-state index in [4.69, 9.17) is 5.73 Å². The molecule has 0 atom stereocenters. The first kappa shape index (κ1) is 13.8. The lowest BCUT2D eigenvalue weighted by atomic mass is 10.4. The van der Waals surface area contributed by atoms with Crippen LogP contribution in [0, 0.1) is 6.92 Å². The van der Waals surface area contributed by atoms with Crippen LogP contribution in [0.5, 0.6) is 0 Å². The minimum absolute atomic E-state index is 0.0397. The molecule has 0 spiro atoms. The third kappa shape index (κ3) is 4.53. The molecule has 0 aromatic carbocycles. The van der Waals surface area contributed by atoms with Gasteiger partial charge >= 0.3 is 0 Å². The zero-order valence-corrected chi connectivity index (χ0v) is 12.1. The number of hydrogen-bond acceptors (Lipinski definition) is 6. The molecule has 19 heavy (non-hydrogen) atoms. The largest absolute Gasteiger partial charge is 0.384 e.